The minimum atomic E-state index is -1.12. The van der Waals surface area contributed by atoms with Gasteiger partial charge in [-0.2, -0.15) is 0 Å². The highest BCUT2D eigenvalue weighted by molar-refractivity contribution is 8.04. The number of aromatic nitrogens is 2. The summed E-state index contributed by atoms with van der Waals surface area (Å²) in [5.74, 6) is -0.324. The van der Waals surface area contributed by atoms with Crippen molar-refractivity contribution in [2.45, 2.75) is 24.3 Å². The lowest BCUT2D eigenvalue weighted by molar-refractivity contribution is 0.0734. The molecule has 0 spiro atoms. The minimum absolute atomic E-state index is 0.152. The molecule has 0 bridgehead atoms. The van der Waals surface area contributed by atoms with E-state index in [4.69, 9.17) is 17.0 Å². The quantitative estimate of drug-likeness (QED) is 0.327. The van der Waals surface area contributed by atoms with Crippen molar-refractivity contribution in [3.63, 3.8) is 0 Å². The number of hydrogen-bond acceptors (Lipinski definition) is 6. The number of halogens is 2. The highest BCUT2D eigenvalue weighted by Gasteiger charge is 2.19. The van der Waals surface area contributed by atoms with Gasteiger partial charge in [0, 0.05) is 21.8 Å². The molecule has 1 aromatic heterocycles. The SMILES string of the molecule is CC(C)(O)c1cnc(C(=N)/C(=C\Nc2ccc(F)cc2)Sc2ccc(Cl)cc2)cn1. The van der Waals surface area contributed by atoms with Crippen LogP contribution in [-0.2, 0) is 5.60 Å². The predicted octanol–water partition coefficient (Wildman–Crippen LogP) is 5.61. The Kier molecular flexibility index (Phi) is 6.87. The van der Waals surface area contributed by atoms with Gasteiger partial charge >= 0.3 is 0 Å². The Morgan fingerprint density at radius 2 is 1.77 bits per heavy atom. The number of nitrogens with zero attached hydrogens (tertiary/aromatic N) is 2. The van der Waals surface area contributed by atoms with Crippen molar-refractivity contribution >= 4 is 34.8 Å². The Bertz CT molecular complexity index is 1050. The first kappa shape index (κ1) is 22.0. The van der Waals surface area contributed by atoms with Crippen molar-refractivity contribution in [2.75, 3.05) is 5.32 Å². The summed E-state index contributed by atoms with van der Waals surface area (Å²) in [5.41, 5.74) is 0.492. The van der Waals surface area contributed by atoms with E-state index in [1.807, 2.05) is 12.1 Å². The Morgan fingerprint density at radius 3 is 2.33 bits per heavy atom. The third kappa shape index (κ3) is 5.89. The molecule has 3 aromatic rings. The molecule has 3 N–H and O–H groups in total. The molecular weight excluding hydrogens is 423 g/mol. The van der Waals surface area contributed by atoms with Crippen LogP contribution in [0.2, 0.25) is 5.02 Å². The summed E-state index contributed by atoms with van der Waals surface area (Å²) in [7, 11) is 0. The van der Waals surface area contributed by atoms with Gasteiger partial charge < -0.3 is 10.4 Å². The molecule has 0 amide bonds. The van der Waals surface area contributed by atoms with Gasteiger partial charge in [0.05, 0.1) is 28.7 Å². The van der Waals surface area contributed by atoms with Gasteiger partial charge in [-0.3, -0.25) is 15.4 Å². The molecule has 0 radical (unpaired) electrons. The van der Waals surface area contributed by atoms with Crippen LogP contribution in [0.3, 0.4) is 0 Å². The van der Waals surface area contributed by atoms with Crippen LogP contribution in [-0.4, -0.2) is 20.8 Å². The van der Waals surface area contributed by atoms with E-state index >= 15 is 0 Å². The average Bonchev–Trinajstić information content (AvgIpc) is 2.72. The molecule has 0 aliphatic rings. The molecule has 30 heavy (non-hydrogen) atoms. The average molecular weight is 443 g/mol. The number of anilines is 1. The number of allylic oxidation sites excluding steroid dienone is 1. The van der Waals surface area contributed by atoms with Crippen LogP contribution in [0.5, 0.6) is 0 Å². The predicted molar refractivity (Wildman–Crippen MR) is 120 cm³/mol. The second-order valence-corrected chi connectivity index (χ2v) is 8.49. The van der Waals surface area contributed by atoms with Crippen LogP contribution in [0.4, 0.5) is 10.1 Å². The maximum absolute atomic E-state index is 13.1. The van der Waals surface area contributed by atoms with Crippen LogP contribution in [0.1, 0.15) is 25.2 Å². The van der Waals surface area contributed by atoms with Crippen molar-refractivity contribution in [3.05, 3.63) is 94.3 Å². The van der Waals surface area contributed by atoms with E-state index in [-0.39, 0.29) is 11.5 Å². The first-order valence-corrected chi connectivity index (χ1v) is 10.2. The number of thioether (sulfide) groups is 1. The zero-order valence-electron chi connectivity index (χ0n) is 16.4. The highest BCUT2D eigenvalue weighted by atomic mass is 35.5. The monoisotopic (exact) mass is 442 g/mol. The second-order valence-electron chi connectivity index (χ2n) is 6.94. The van der Waals surface area contributed by atoms with E-state index in [0.29, 0.717) is 27.0 Å². The number of aliphatic hydroxyl groups is 1. The Hall–Kier alpha value is -2.74. The summed E-state index contributed by atoms with van der Waals surface area (Å²) in [6.07, 6.45) is 4.59. The summed E-state index contributed by atoms with van der Waals surface area (Å²) in [5, 5.41) is 22.4. The first-order chi connectivity index (χ1) is 14.2. The van der Waals surface area contributed by atoms with Gasteiger partial charge in [-0.15, -0.1) is 0 Å². The molecular formula is C22H20ClFN4OS. The lowest BCUT2D eigenvalue weighted by Crippen LogP contribution is -2.18. The lowest BCUT2D eigenvalue weighted by Gasteiger charge is -2.16. The minimum Gasteiger partial charge on any atom is -0.384 e. The molecule has 0 aliphatic heterocycles. The molecule has 2 aromatic carbocycles. The molecule has 3 rings (SSSR count). The van der Waals surface area contributed by atoms with Crippen LogP contribution in [0.15, 0.2) is 76.9 Å². The smallest absolute Gasteiger partial charge is 0.123 e. The molecule has 5 nitrogen and oxygen atoms in total. The molecule has 0 atom stereocenters. The van der Waals surface area contributed by atoms with Gasteiger partial charge in [0.1, 0.15) is 17.1 Å². The van der Waals surface area contributed by atoms with Crippen LogP contribution in [0, 0.1) is 11.2 Å². The van der Waals surface area contributed by atoms with Gasteiger partial charge in [-0.1, -0.05) is 23.4 Å². The number of hydrogen-bond donors (Lipinski definition) is 3. The van der Waals surface area contributed by atoms with E-state index in [0.717, 1.165) is 4.90 Å². The molecule has 1 heterocycles. The molecule has 154 valence electrons. The topological polar surface area (TPSA) is 81.9 Å². The van der Waals surface area contributed by atoms with Gasteiger partial charge in [0.25, 0.3) is 0 Å². The van der Waals surface area contributed by atoms with E-state index in [9.17, 15) is 9.50 Å². The maximum atomic E-state index is 13.1. The van der Waals surface area contributed by atoms with E-state index in [2.05, 4.69) is 15.3 Å². The second kappa shape index (κ2) is 9.38. The van der Waals surface area contributed by atoms with Crippen molar-refractivity contribution in [1.82, 2.24) is 9.97 Å². The molecule has 0 unspecified atom stereocenters. The number of nitrogens with one attached hydrogen (secondary N) is 2. The largest absolute Gasteiger partial charge is 0.384 e. The summed E-state index contributed by atoms with van der Waals surface area (Å²) in [4.78, 5) is 9.98. The maximum Gasteiger partial charge on any atom is 0.123 e. The van der Waals surface area contributed by atoms with Crippen LogP contribution >= 0.6 is 23.4 Å². The zero-order valence-corrected chi connectivity index (χ0v) is 17.9. The third-order valence-electron chi connectivity index (χ3n) is 4.04. The summed E-state index contributed by atoms with van der Waals surface area (Å²) in [6, 6.07) is 13.2. The highest BCUT2D eigenvalue weighted by Crippen LogP contribution is 2.30. The Labute approximate surface area is 183 Å². The number of rotatable bonds is 7. The fourth-order valence-corrected chi connectivity index (χ4v) is 3.35. The van der Waals surface area contributed by atoms with Crippen molar-refractivity contribution in [1.29, 1.82) is 5.41 Å². The summed E-state index contributed by atoms with van der Waals surface area (Å²) >= 11 is 7.32. The fraction of sp³-hybridized carbons (Fsp3) is 0.136. The molecule has 0 aliphatic carbocycles. The van der Waals surface area contributed by atoms with E-state index in [1.165, 1.54) is 36.3 Å². The van der Waals surface area contributed by atoms with Crippen LogP contribution < -0.4 is 5.32 Å². The van der Waals surface area contributed by atoms with Crippen molar-refractivity contribution in [3.8, 4) is 0 Å². The van der Waals surface area contributed by atoms with Crippen molar-refractivity contribution < 1.29 is 9.50 Å². The first-order valence-electron chi connectivity index (χ1n) is 9.02. The molecule has 0 fully saturated rings. The number of benzene rings is 2. The van der Waals surface area contributed by atoms with Crippen molar-refractivity contribution in [2.24, 2.45) is 0 Å². The Balaban J connectivity index is 1.88. The fourth-order valence-electron chi connectivity index (χ4n) is 2.38. The van der Waals surface area contributed by atoms with Gasteiger partial charge in [0.2, 0.25) is 0 Å². The zero-order chi connectivity index (χ0) is 21.7. The van der Waals surface area contributed by atoms with Gasteiger partial charge in [0.15, 0.2) is 0 Å². The van der Waals surface area contributed by atoms with Gasteiger partial charge in [-0.05, 0) is 62.4 Å². The van der Waals surface area contributed by atoms with Gasteiger partial charge in [-0.25, -0.2) is 4.39 Å². The Morgan fingerprint density at radius 1 is 1.10 bits per heavy atom. The van der Waals surface area contributed by atoms with Crippen LogP contribution in [0.25, 0.3) is 0 Å². The molecule has 8 heteroatoms. The molecule has 0 saturated carbocycles. The van der Waals surface area contributed by atoms with E-state index in [1.54, 1.807) is 44.3 Å². The molecule has 0 saturated heterocycles. The summed E-state index contributed by atoms with van der Waals surface area (Å²) in [6.45, 7) is 3.24. The standard InChI is InChI=1S/C22H20ClFN4OS/c1-22(2,29)20-13-27-18(11-28-20)21(25)19(30-17-9-3-14(23)4-10-17)12-26-16-7-5-15(24)6-8-16/h3-13,25-26,29H,1-2H3/b19-12+,25-21?. The van der Waals surface area contributed by atoms with E-state index < -0.39 is 5.60 Å². The summed E-state index contributed by atoms with van der Waals surface area (Å²) < 4.78 is 13.1. The lowest BCUT2D eigenvalue weighted by atomic mass is 10.1. The normalized spacial score (nSPS) is 12.0. The third-order valence-corrected chi connectivity index (χ3v) is 5.34.